The smallest absolute Gasteiger partial charge is 0.125 e. The second kappa shape index (κ2) is 4.31. The molecule has 0 bridgehead atoms. The maximum absolute atomic E-state index is 13.0. The normalized spacial score (nSPS) is 10.7. The van der Waals surface area contributed by atoms with Crippen molar-refractivity contribution in [1.29, 1.82) is 0 Å². The fourth-order valence-electron chi connectivity index (χ4n) is 1.87. The van der Waals surface area contributed by atoms with E-state index in [1.165, 1.54) is 16.8 Å². The van der Waals surface area contributed by atoms with Crippen molar-refractivity contribution in [2.24, 2.45) is 0 Å². The summed E-state index contributed by atoms with van der Waals surface area (Å²) in [5, 5.41) is 6.42. The molecule has 0 aliphatic rings. The van der Waals surface area contributed by atoms with Crippen LogP contribution in [0.2, 0.25) is 0 Å². The fraction of sp³-hybridized carbons (Fsp3) is 0. The van der Waals surface area contributed by atoms with E-state index >= 15 is 0 Å². The molecular weight excluding hydrogens is 247 g/mol. The highest BCUT2D eigenvalue weighted by Gasteiger charge is 2.06. The summed E-state index contributed by atoms with van der Waals surface area (Å²) in [7, 11) is 0. The summed E-state index contributed by atoms with van der Waals surface area (Å²) in [6.07, 6.45) is 0. The van der Waals surface area contributed by atoms with Gasteiger partial charge in [-0.3, -0.25) is 0 Å². The van der Waals surface area contributed by atoms with Gasteiger partial charge in [0, 0.05) is 15.5 Å². The summed E-state index contributed by atoms with van der Waals surface area (Å²) in [5.74, 6) is -0.326. The number of benzene rings is 2. The maximum atomic E-state index is 13.0. The Kier molecular flexibility index (Phi) is 2.64. The predicted octanol–water partition coefficient (Wildman–Crippen LogP) is 4.37. The van der Waals surface area contributed by atoms with Crippen molar-refractivity contribution in [2.75, 3.05) is 11.1 Å². The van der Waals surface area contributed by atoms with Crippen molar-refractivity contribution in [3.05, 3.63) is 53.7 Å². The molecule has 0 amide bonds. The highest BCUT2D eigenvalue weighted by atomic mass is 32.1. The number of nitrogens with two attached hydrogens (primary N) is 1. The molecule has 2 nitrogen and oxygen atoms in total. The van der Waals surface area contributed by atoms with E-state index < -0.39 is 0 Å². The van der Waals surface area contributed by atoms with E-state index in [1.807, 2.05) is 23.6 Å². The van der Waals surface area contributed by atoms with Gasteiger partial charge in [-0.25, -0.2) is 4.39 Å². The average molecular weight is 258 g/mol. The summed E-state index contributed by atoms with van der Waals surface area (Å²) >= 11 is 1.66. The van der Waals surface area contributed by atoms with Gasteiger partial charge in [0.15, 0.2) is 0 Å². The first-order valence-corrected chi connectivity index (χ1v) is 6.40. The Morgan fingerprint density at radius 3 is 2.72 bits per heavy atom. The lowest BCUT2D eigenvalue weighted by Gasteiger charge is -2.08. The Morgan fingerprint density at radius 2 is 1.89 bits per heavy atom. The number of rotatable bonds is 2. The second-order valence-electron chi connectivity index (χ2n) is 4.00. The zero-order valence-corrected chi connectivity index (χ0v) is 10.3. The first-order valence-electron chi connectivity index (χ1n) is 5.52. The third-order valence-electron chi connectivity index (χ3n) is 2.76. The number of hydrogen-bond acceptors (Lipinski definition) is 3. The third kappa shape index (κ3) is 1.91. The van der Waals surface area contributed by atoms with Crippen LogP contribution in [0.4, 0.5) is 21.5 Å². The lowest BCUT2D eigenvalue weighted by atomic mass is 10.2. The summed E-state index contributed by atoms with van der Waals surface area (Å²) in [4.78, 5) is 0. The molecule has 0 atom stereocenters. The van der Waals surface area contributed by atoms with Crippen LogP contribution in [0.1, 0.15) is 0 Å². The number of halogens is 1. The van der Waals surface area contributed by atoms with Gasteiger partial charge in [0.05, 0.1) is 17.1 Å². The first-order chi connectivity index (χ1) is 8.74. The standard InChI is InChI=1S/C14H11FN2S/c15-9-5-6-12(11(16)7-9)17-13-8-18-14-4-2-1-3-10(13)14/h1-8,17H,16H2. The van der Waals surface area contributed by atoms with Crippen LogP contribution in [0, 0.1) is 5.82 Å². The molecule has 1 aromatic heterocycles. The Morgan fingerprint density at radius 1 is 1.06 bits per heavy atom. The second-order valence-corrected chi connectivity index (χ2v) is 4.91. The Labute approximate surface area is 108 Å². The van der Waals surface area contributed by atoms with Gasteiger partial charge in [-0.2, -0.15) is 0 Å². The van der Waals surface area contributed by atoms with Gasteiger partial charge in [-0.1, -0.05) is 18.2 Å². The Hall–Kier alpha value is -2.07. The van der Waals surface area contributed by atoms with Crippen LogP contribution < -0.4 is 11.1 Å². The molecule has 3 rings (SSSR count). The molecule has 0 saturated heterocycles. The lowest BCUT2D eigenvalue weighted by Crippen LogP contribution is -1.96. The molecule has 0 aliphatic carbocycles. The van der Waals surface area contributed by atoms with Gasteiger partial charge in [-0.15, -0.1) is 11.3 Å². The van der Waals surface area contributed by atoms with Crippen LogP contribution in [0.5, 0.6) is 0 Å². The molecule has 1 heterocycles. The van der Waals surface area contributed by atoms with E-state index in [0.29, 0.717) is 5.69 Å². The molecule has 0 spiro atoms. The molecule has 0 fully saturated rings. The van der Waals surface area contributed by atoms with Crippen LogP contribution in [0.25, 0.3) is 10.1 Å². The zero-order valence-electron chi connectivity index (χ0n) is 9.48. The molecule has 90 valence electrons. The molecule has 2 aromatic carbocycles. The summed E-state index contributed by atoms with van der Waals surface area (Å²) in [6.45, 7) is 0. The molecular formula is C14H11FN2S. The fourth-order valence-corrected chi connectivity index (χ4v) is 2.76. The van der Waals surface area contributed by atoms with Gasteiger partial charge >= 0.3 is 0 Å². The largest absolute Gasteiger partial charge is 0.397 e. The minimum atomic E-state index is -0.326. The van der Waals surface area contributed by atoms with E-state index in [4.69, 9.17) is 5.73 Å². The molecule has 3 N–H and O–H groups in total. The molecule has 0 aliphatic heterocycles. The Balaban J connectivity index is 2.01. The Bertz CT molecular complexity index is 706. The van der Waals surface area contributed by atoms with E-state index in [0.717, 1.165) is 16.8 Å². The maximum Gasteiger partial charge on any atom is 0.125 e. The number of hydrogen-bond donors (Lipinski definition) is 2. The van der Waals surface area contributed by atoms with Crippen molar-refractivity contribution < 1.29 is 4.39 Å². The van der Waals surface area contributed by atoms with Gasteiger partial charge in [0.2, 0.25) is 0 Å². The number of fused-ring (bicyclic) bond motifs is 1. The van der Waals surface area contributed by atoms with Crippen molar-refractivity contribution in [2.45, 2.75) is 0 Å². The van der Waals surface area contributed by atoms with Gasteiger partial charge in [-0.05, 0) is 24.3 Å². The van der Waals surface area contributed by atoms with Crippen LogP contribution in [-0.2, 0) is 0 Å². The number of thiophene rings is 1. The quantitative estimate of drug-likeness (QED) is 0.670. The number of nitrogens with one attached hydrogen (secondary N) is 1. The van der Waals surface area contributed by atoms with Crippen LogP contribution in [-0.4, -0.2) is 0 Å². The average Bonchev–Trinajstić information content (AvgIpc) is 2.76. The van der Waals surface area contributed by atoms with E-state index in [2.05, 4.69) is 11.4 Å². The highest BCUT2D eigenvalue weighted by molar-refractivity contribution is 7.17. The van der Waals surface area contributed by atoms with Gasteiger partial charge in [0.25, 0.3) is 0 Å². The lowest BCUT2D eigenvalue weighted by molar-refractivity contribution is 0.628. The highest BCUT2D eigenvalue weighted by Crippen LogP contribution is 2.33. The first kappa shape index (κ1) is 11.0. The van der Waals surface area contributed by atoms with Crippen molar-refractivity contribution >= 4 is 38.5 Å². The van der Waals surface area contributed by atoms with Crippen LogP contribution in [0.15, 0.2) is 47.8 Å². The van der Waals surface area contributed by atoms with Crippen molar-refractivity contribution in [3.8, 4) is 0 Å². The number of anilines is 3. The van der Waals surface area contributed by atoms with Crippen LogP contribution >= 0.6 is 11.3 Å². The third-order valence-corrected chi connectivity index (χ3v) is 3.73. The molecule has 4 heteroatoms. The van der Waals surface area contributed by atoms with E-state index in [-0.39, 0.29) is 5.82 Å². The topological polar surface area (TPSA) is 38.0 Å². The monoisotopic (exact) mass is 258 g/mol. The van der Waals surface area contributed by atoms with Crippen LogP contribution in [0.3, 0.4) is 0 Å². The van der Waals surface area contributed by atoms with Crippen molar-refractivity contribution in [1.82, 2.24) is 0 Å². The zero-order chi connectivity index (χ0) is 12.5. The molecule has 18 heavy (non-hydrogen) atoms. The summed E-state index contributed by atoms with van der Waals surface area (Å²) < 4.78 is 14.2. The van der Waals surface area contributed by atoms with E-state index in [1.54, 1.807) is 17.4 Å². The SMILES string of the molecule is Nc1cc(F)ccc1Nc1csc2ccccc12. The predicted molar refractivity (Wildman–Crippen MR) is 75.9 cm³/mol. The minimum Gasteiger partial charge on any atom is -0.397 e. The number of nitrogen functional groups attached to an aromatic ring is 1. The summed E-state index contributed by atoms with van der Waals surface area (Å²) in [6, 6.07) is 12.5. The minimum absolute atomic E-state index is 0.326. The van der Waals surface area contributed by atoms with Gasteiger partial charge < -0.3 is 11.1 Å². The molecule has 0 radical (unpaired) electrons. The summed E-state index contributed by atoms with van der Waals surface area (Å²) in [5.41, 5.74) is 7.91. The molecule has 0 saturated carbocycles. The van der Waals surface area contributed by atoms with Crippen molar-refractivity contribution in [3.63, 3.8) is 0 Å². The van der Waals surface area contributed by atoms with E-state index in [9.17, 15) is 4.39 Å². The molecule has 0 unspecified atom stereocenters. The van der Waals surface area contributed by atoms with Gasteiger partial charge in [0.1, 0.15) is 5.82 Å². The molecule has 3 aromatic rings.